The molecular formula is C15H21ClN2O. The number of rotatable bonds is 3. The fourth-order valence-electron chi connectivity index (χ4n) is 3.35. The van der Waals surface area contributed by atoms with Crippen LogP contribution in [0.5, 0.6) is 5.75 Å². The molecule has 0 aliphatic carbocycles. The smallest absolute Gasteiger partial charge is 0.119 e. The summed E-state index contributed by atoms with van der Waals surface area (Å²) in [6.07, 6.45) is 2.62. The Labute approximate surface area is 119 Å². The maximum Gasteiger partial charge on any atom is 0.119 e. The number of halogens is 1. The third kappa shape index (κ3) is 2.73. The molecular weight excluding hydrogens is 260 g/mol. The minimum absolute atomic E-state index is 0.519. The fourth-order valence-corrected chi connectivity index (χ4v) is 3.52. The second-order valence-corrected chi connectivity index (χ2v) is 6.25. The minimum Gasteiger partial charge on any atom is -0.497 e. The molecule has 3 nitrogen and oxygen atoms in total. The Hall–Kier alpha value is -0.770. The van der Waals surface area contributed by atoms with Crippen LogP contribution in [0.3, 0.4) is 0 Å². The van der Waals surface area contributed by atoms with Crippen LogP contribution in [0.25, 0.3) is 0 Å². The van der Waals surface area contributed by atoms with Gasteiger partial charge in [-0.1, -0.05) is 11.6 Å². The Morgan fingerprint density at radius 1 is 1.42 bits per heavy atom. The van der Waals surface area contributed by atoms with Gasteiger partial charge in [-0.3, -0.25) is 4.90 Å². The van der Waals surface area contributed by atoms with Crippen LogP contribution in [0.1, 0.15) is 18.4 Å². The van der Waals surface area contributed by atoms with E-state index in [1.54, 1.807) is 7.11 Å². The molecule has 19 heavy (non-hydrogen) atoms. The Kier molecular flexibility index (Phi) is 3.70. The lowest BCUT2D eigenvalue weighted by atomic mass is 9.86. The van der Waals surface area contributed by atoms with E-state index in [0.717, 1.165) is 17.3 Å². The van der Waals surface area contributed by atoms with Gasteiger partial charge in [-0.05, 0) is 55.1 Å². The zero-order valence-corrected chi connectivity index (χ0v) is 12.2. The van der Waals surface area contributed by atoms with Crippen molar-refractivity contribution in [2.75, 3.05) is 33.3 Å². The van der Waals surface area contributed by atoms with E-state index in [9.17, 15) is 0 Å². The first kappa shape index (κ1) is 13.2. The summed E-state index contributed by atoms with van der Waals surface area (Å²) in [5.41, 5.74) is 1.69. The van der Waals surface area contributed by atoms with E-state index in [-0.39, 0.29) is 0 Å². The first-order chi connectivity index (χ1) is 9.21. The molecule has 1 atom stereocenters. The molecule has 0 bridgehead atoms. The second kappa shape index (κ2) is 5.31. The van der Waals surface area contributed by atoms with E-state index in [0.29, 0.717) is 5.41 Å². The molecule has 2 heterocycles. The summed E-state index contributed by atoms with van der Waals surface area (Å²) in [6, 6.07) is 5.90. The highest BCUT2D eigenvalue weighted by Gasteiger charge is 2.40. The molecule has 1 unspecified atom stereocenters. The number of benzene rings is 1. The summed E-state index contributed by atoms with van der Waals surface area (Å²) in [5, 5.41) is 4.34. The lowest BCUT2D eigenvalue weighted by molar-refractivity contribution is 0.268. The lowest BCUT2D eigenvalue weighted by Crippen LogP contribution is -2.29. The molecule has 1 aromatic carbocycles. The first-order valence-electron chi connectivity index (χ1n) is 6.96. The molecule has 104 valence electrons. The van der Waals surface area contributed by atoms with Gasteiger partial charge in [0.15, 0.2) is 0 Å². The molecule has 1 aromatic rings. The average Bonchev–Trinajstić information content (AvgIpc) is 3.03. The molecule has 3 rings (SSSR count). The molecule has 2 fully saturated rings. The van der Waals surface area contributed by atoms with Gasteiger partial charge in [0, 0.05) is 24.7 Å². The Balaban J connectivity index is 1.69. The summed E-state index contributed by atoms with van der Waals surface area (Å²) >= 11 is 6.29. The fraction of sp³-hybridized carbons (Fsp3) is 0.600. The number of hydrogen-bond donors (Lipinski definition) is 1. The number of methoxy groups -OCH3 is 1. The van der Waals surface area contributed by atoms with Crippen LogP contribution in [0, 0.1) is 5.41 Å². The van der Waals surface area contributed by atoms with Gasteiger partial charge in [-0.25, -0.2) is 0 Å². The maximum atomic E-state index is 6.29. The quantitative estimate of drug-likeness (QED) is 0.921. The largest absolute Gasteiger partial charge is 0.497 e. The van der Waals surface area contributed by atoms with Crippen molar-refractivity contribution in [3.05, 3.63) is 28.8 Å². The van der Waals surface area contributed by atoms with E-state index < -0.39 is 0 Å². The van der Waals surface area contributed by atoms with Gasteiger partial charge in [-0.15, -0.1) is 0 Å². The van der Waals surface area contributed by atoms with Gasteiger partial charge >= 0.3 is 0 Å². The molecule has 0 saturated carbocycles. The number of nitrogens with zero attached hydrogens (tertiary/aromatic N) is 1. The molecule has 0 aromatic heterocycles. The molecule has 0 radical (unpaired) electrons. The predicted molar refractivity (Wildman–Crippen MR) is 77.8 cm³/mol. The minimum atomic E-state index is 0.519. The van der Waals surface area contributed by atoms with Gasteiger partial charge < -0.3 is 10.1 Å². The van der Waals surface area contributed by atoms with Gasteiger partial charge in [-0.2, -0.15) is 0 Å². The highest BCUT2D eigenvalue weighted by atomic mass is 35.5. The van der Waals surface area contributed by atoms with Crippen LogP contribution < -0.4 is 10.1 Å². The molecule has 2 aliphatic heterocycles. The van der Waals surface area contributed by atoms with E-state index in [1.807, 2.05) is 12.1 Å². The summed E-state index contributed by atoms with van der Waals surface area (Å²) < 4.78 is 5.28. The summed E-state index contributed by atoms with van der Waals surface area (Å²) in [5.74, 6) is 0.885. The Morgan fingerprint density at radius 2 is 2.32 bits per heavy atom. The van der Waals surface area contributed by atoms with Crippen molar-refractivity contribution in [3.63, 3.8) is 0 Å². The van der Waals surface area contributed by atoms with Crippen molar-refractivity contribution in [1.29, 1.82) is 0 Å². The normalized spacial score (nSPS) is 27.3. The van der Waals surface area contributed by atoms with Gasteiger partial charge in [0.1, 0.15) is 5.75 Å². The molecule has 2 aliphatic rings. The molecule has 4 heteroatoms. The highest BCUT2D eigenvalue weighted by molar-refractivity contribution is 6.31. The van der Waals surface area contributed by atoms with Crippen LogP contribution in [-0.2, 0) is 6.54 Å². The first-order valence-corrected chi connectivity index (χ1v) is 7.34. The van der Waals surface area contributed by atoms with E-state index in [2.05, 4.69) is 16.3 Å². The van der Waals surface area contributed by atoms with Crippen LogP contribution in [0.4, 0.5) is 0 Å². The lowest BCUT2D eigenvalue weighted by Gasteiger charge is -2.23. The van der Waals surface area contributed by atoms with Crippen LogP contribution in [0.2, 0.25) is 5.02 Å². The zero-order valence-electron chi connectivity index (χ0n) is 11.4. The topological polar surface area (TPSA) is 24.5 Å². The standard InChI is InChI=1S/C15H21ClN2O/c1-19-13-2-3-14(16)12(8-13)9-18-7-5-15(11-18)4-6-17-10-15/h2-3,8,17H,4-7,9-11H2,1H3. The Morgan fingerprint density at radius 3 is 3.05 bits per heavy atom. The van der Waals surface area contributed by atoms with Crippen LogP contribution >= 0.6 is 11.6 Å². The number of hydrogen-bond acceptors (Lipinski definition) is 3. The van der Waals surface area contributed by atoms with Crippen molar-refractivity contribution < 1.29 is 4.74 Å². The average molecular weight is 281 g/mol. The van der Waals surface area contributed by atoms with Crippen molar-refractivity contribution >= 4 is 11.6 Å². The van der Waals surface area contributed by atoms with Gasteiger partial charge in [0.25, 0.3) is 0 Å². The second-order valence-electron chi connectivity index (χ2n) is 5.84. The number of ether oxygens (including phenoxy) is 1. The van der Waals surface area contributed by atoms with E-state index in [4.69, 9.17) is 16.3 Å². The van der Waals surface area contributed by atoms with Crippen molar-refractivity contribution in [1.82, 2.24) is 10.2 Å². The third-order valence-corrected chi connectivity index (χ3v) is 4.87. The third-order valence-electron chi connectivity index (χ3n) is 4.50. The number of likely N-dealkylation sites (tertiary alicyclic amines) is 1. The van der Waals surface area contributed by atoms with Crippen LogP contribution in [-0.4, -0.2) is 38.2 Å². The number of nitrogens with one attached hydrogen (secondary N) is 1. The van der Waals surface area contributed by atoms with E-state index >= 15 is 0 Å². The Bertz CT molecular complexity index is 457. The molecule has 1 spiro atoms. The van der Waals surface area contributed by atoms with E-state index in [1.165, 1.54) is 44.6 Å². The highest BCUT2D eigenvalue weighted by Crippen LogP contribution is 2.37. The zero-order chi connectivity index (χ0) is 13.3. The van der Waals surface area contributed by atoms with Crippen molar-refractivity contribution in [3.8, 4) is 5.75 Å². The molecule has 0 amide bonds. The van der Waals surface area contributed by atoms with Gasteiger partial charge in [0.05, 0.1) is 7.11 Å². The monoisotopic (exact) mass is 280 g/mol. The summed E-state index contributed by atoms with van der Waals surface area (Å²) in [4.78, 5) is 2.52. The summed E-state index contributed by atoms with van der Waals surface area (Å²) in [6.45, 7) is 5.64. The molecule has 1 N–H and O–H groups in total. The summed E-state index contributed by atoms with van der Waals surface area (Å²) in [7, 11) is 1.70. The maximum absolute atomic E-state index is 6.29. The van der Waals surface area contributed by atoms with Crippen LogP contribution in [0.15, 0.2) is 18.2 Å². The van der Waals surface area contributed by atoms with Crippen molar-refractivity contribution in [2.24, 2.45) is 5.41 Å². The SMILES string of the molecule is COc1ccc(Cl)c(CN2CCC3(CCNC3)C2)c1. The molecule has 2 saturated heterocycles. The van der Waals surface area contributed by atoms with Gasteiger partial charge in [0.2, 0.25) is 0 Å². The van der Waals surface area contributed by atoms with Crippen molar-refractivity contribution in [2.45, 2.75) is 19.4 Å². The predicted octanol–water partition coefficient (Wildman–Crippen LogP) is 2.53.